The predicted octanol–water partition coefficient (Wildman–Crippen LogP) is 1.74. The number of halogens is 1. The van der Waals surface area contributed by atoms with E-state index in [1.165, 1.54) is 12.1 Å². The van der Waals surface area contributed by atoms with Gasteiger partial charge >= 0.3 is 0 Å². The molecule has 1 N–H and O–H groups in total. The van der Waals surface area contributed by atoms with Crippen LogP contribution in [0.4, 0.5) is 4.39 Å². The van der Waals surface area contributed by atoms with E-state index in [0.29, 0.717) is 17.7 Å². The molecule has 3 nitrogen and oxygen atoms in total. The summed E-state index contributed by atoms with van der Waals surface area (Å²) in [6.07, 6.45) is 1.02. The molecule has 92 valence electrons. The normalized spacial score (nSPS) is 10.5. The second-order valence-corrected chi connectivity index (χ2v) is 4.25. The van der Waals surface area contributed by atoms with E-state index >= 15 is 0 Å². The van der Waals surface area contributed by atoms with Crippen molar-refractivity contribution in [3.63, 3.8) is 0 Å². The maximum atomic E-state index is 13.4. The van der Waals surface area contributed by atoms with Crippen LogP contribution < -0.4 is 5.32 Å². The molecule has 0 saturated carbocycles. The Morgan fingerprint density at radius 1 is 1.41 bits per heavy atom. The van der Waals surface area contributed by atoms with E-state index in [9.17, 15) is 4.39 Å². The number of nitriles is 1. The molecule has 0 aliphatic heterocycles. The number of nitrogens with zero attached hydrogens (tertiary/aromatic N) is 2. The zero-order valence-corrected chi connectivity index (χ0v) is 10.3. The fourth-order valence-corrected chi connectivity index (χ4v) is 1.52. The third-order valence-corrected chi connectivity index (χ3v) is 2.45. The fourth-order valence-electron chi connectivity index (χ4n) is 1.52. The first-order valence-electron chi connectivity index (χ1n) is 5.67. The van der Waals surface area contributed by atoms with E-state index in [2.05, 4.69) is 10.2 Å². The number of rotatable bonds is 6. The molecule has 17 heavy (non-hydrogen) atoms. The SMILES string of the molecule is CN(C)CCCNCc1cc(C#N)ccc1F. The van der Waals surface area contributed by atoms with Crippen LogP contribution in [0.3, 0.4) is 0 Å². The molecule has 0 aromatic heterocycles. The Bertz CT molecular complexity index is 396. The Kier molecular flexibility index (Phi) is 5.61. The molecule has 0 bridgehead atoms. The van der Waals surface area contributed by atoms with Crippen molar-refractivity contribution in [2.24, 2.45) is 0 Å². The summed E-state index contributed by atoms with van der Waals surface area (Å²) in [5, 5.41) is 11.9. The molecule has 1 aromatic carbocycles. The molecule has 0 unspecified atom stereocenters. The van der Waals surface area contributed by atoms with Gasteiger partial charge in [-0.25, -0.2) is 4.39 Å². The average Bonchev–Trinajstić information content (AvgIpc) is 2.30. The van der Waals surface area contributed by atoms with E-state index in [1.807, 2.05) is 20.2 Å². The monoisotopic (exact) mass is 235 g/mol. The third kappa shape index (κ3) is 4.94. The summed E-state index contributed by atoms with van der Waals surface area (Å²) < 4.78 is 13.4. The molecule has 0 aliphatic carbocycles. The highest BCUT2D eigenvalue weighted by atomic mass is 19.1. The highest BCUT2D eigenvalue weighted by Crippen LogP contribution is 2.09. The van der Waals surface area contributed by atoms with E-state index in [1.54, 1.807) is 6.07 Å². The zero-order chi connectivity index (χ0) is 12.7. The lowest BCUT2D eigenvalue weighted by atomic mass is 10.1. The van der Waals surface area contributed by atoms with Crippen molar-refractivity contribution in [2.75, 3.05) is 27.2 Å². The van der Waals surface area contributed by atoms with Crippen LogP contribution in [0.2, 0.25) is 0 Å². The van der Waals surface area contributed by atoms with Gasteiger partial charge in [0.1, 0.15) is 5.82 Å². The van der Waals surface area contributed by atoms with E-state index in [0.717, 1.165) is 19.5 Å². The minimum absolute atomic E-state index is 0.260. The Balaban J connectivity index is 2.39. The van der Waals surface area contributed by atoms with Crippen molar-refractivity contribution >= 4 is 0 Å². The maximum absolute atomic E-state index is 13.4. The van der Waals surface area contributed by atoms with Gasteiger partial charge in [-0.05, 0) is 51.8 Å². The number of hydrogen-bond donors (Lipinski definition) is 1. The topological polar surface area (TPSA) is 39.1 Å². The van der Waals surface area contributed by atoms with Crippen LogP contribution >= 0.6 is 0 Å². The van der Waals surface area contributed by atoms with Gasteiger partial charge in [-0.15, -0.1) is 0 Å². The lowest BCUT2D eigenvalue weighted by Gasteiger charge is -2.10. The van der Waals surface area contributed by atoms with Gasteiger partial charge in [-0.3, -0.25) is 0 Å². The van der Waals surface area contributed by atoms with Crippen molar-refractivity contribution in [1.82, 2.24) is 10.2 Å². The maximum Gasteiger partial charge on any atom is 0.127 e. The molecule has 0 spiro atoms. The first-order chi connectivity index (χ1) is 8.13. The molecule has 4 heteroatoms. The van der Waals surface area contributed by atoms with Crippen LogP contribution in [0.5, 0.6) is 0 Å². The summed E-state index contributed by atoms with van der Waals surface area (Å²) in [6.45, 7) is 2.32. The van der Waals surface area contributed by atoms with E-state index < -0.39 is 0 Å². The minimum Gasteiger partial charge on any atom is -0.313 e. The minimum atomic E-state index is -0.260. The van der Waals surface area contributed by atoms with Crippen molar-refractivity contribution in [3.05, 3.63) is 35.1 Å². The van der Waals surface area contributed by atoms with Crippen LogP contribution in [-0.2, 0) is 6.54 Å². The predicted molar refractivity (Wildman–Crippen MR) is 66.0 cm³/mol. The van der Waals surface area contributed by atoms with Crippen molar-refractivity contribution in [1.29, 1.82) is 5.26 Å². The molecule has 0 amide bonds. The third-order valence-electron chi connectivity index (χ3n) is 2.45. The number of hydrogen-bond acceptors (Lipinski definition) is 3. The highest BCUT2D eigenvalue weighted by molar-refractivity contribution is 5.33. The van der Waals surface area contributed by atoms with E-state index in [-0.39, 0.29) is 5.82 Å². The number of benzene rings is 1. The van der Waals surface area contributed by atoms with Gasteiger partial charge in [0, 0.05) is 12.1 Å². The quantitative estimate of drug-likeness (QED) is 0.763. The van der Waals surface area contributed by atoms with Gasteiger partial charge in [-0.2, -0.15) is 5.26 Å². The molecule has 0 heterocycles. The van der Waals surface area contributed by atoms with Gasteiger partial charge in [0.25, 0.3) is 0 Å². The van der Waals surface area contributed by atoms with Crippen LogP contribution in [0.15, 0.2) is 18.2 Å². The molecule has 0 saturated heterocycles. The van der Waals surface area contributed by atoms with Gasteiger partial charge in [-0.1, -0.05) is 0 Å². The lowest BCUT2D eigenvalue weighted by molar-refractivity contribution is 0.394. The first-order valence-corrected chi connectivity index (χ1v) is 5.67. The van der Waals surface area contributed by atoms with Crippen molar-refractivity contribution in [2.45, 2.75) is 13.0 Å². The van der Waals surface area contributed by atoms with Crippen LogP contribution in [-0.4, -0.2) is 32.1 Å². The lowest BCUT2D eigenvalue weighted by Crippen LogP contribution is -2.21. The Hall–Kier alpha value is -1.44. The molecule has 0 fully saturated rings. The molecular formula is C13H18FN3. The van der Waals surface area contributed by atoms with Crippen LogP contribution in [0.1, 0.15) is 17.5 Å². The summed E-state index contributed by atoms with van der Waals surface area (Å²) in [5.74, 6) is -0.260. The molecule has 1 rings (SSSR count). The summed E-state index contributed by atoms with van der Waals surface area (Å²) in [5.41, 5.74) is 1.05. The number of nitrogens with one attached hydrogen (secondary N) is 1. The summed E-state index contributed by atoms with van der Waals surface area (Å²) in [4.78, 5) is 2.11. The molecule has 0 atom stereocenters. The largest absolute Gasteiger partial charge is 0.313 e. The Labute approximate surface area is 102 Å². The Morgan fingerprint density at radius 3 is 2.82 bits per heavy atom. The second-order valence-electron chi connectivity index (χ2n) is 4.25. The zero-order valence-electron chi connectivity index (χ0n) is 10.3. The standard InChI is InChI=1S/C13H18FN3/c1-17(2)7-3-6-16-10-12-8-11(9-15)4-5-13(12)14/h4-5,8,16H,3,6-7,10H2,1-2H3. The van der Waals surface area contributed by atoms with Crippen LogP contribution in [0.25, 0.3) is 0 Å². The van der Waals surface area contributed by atoms with Gasteiger partial charge < -0.3 is 10.2 Å². The van der Waals surface area contributed by atoms with Gasteiger partial charge in [0.05, 0.1) is 11.6 Å². The smallest absolute Gasteiger partial charge is 0.127 e. The molecular weight excluding hydrogens is 217 g/mol. The average molecular weight is 235 g/mol. The summed E-state index contributed by atoms with van der Waals surface area (Å²) >= 11 is 0. The van der Waals surface area contributed by atoms with E-state index in [4.69, 9.17) is 5.26 Å². The van der Waals surface area contributed by atoms with Crippen molar-refractivity contribution in [3.8, 4) is 6.07 Å². The van der Waals surface area contributed by atoms with Crippen LogP contribution in [0, 0.1) is 17.1 Å². The van der Waals surface area contributed by atoms with Gasteiger partial charge in [0.15, 0.2) is 0 Å². The first kappa shape index (κ1) is 13.6. The Morgan fingerprint density at radius 2 is 2.18 bits per heavy atom. The van der Waals surface area contributed by atoms with Crippen molar-refractivity contribution < 1.29 is 4.39 Å². The molecule has 0 radical (unpaired) electrons. The molecule has 1 aromatic rings. The summed E-state index contributed by atoms with van der Waals surface area (Å²) in [7, 11) is 4.05. The summed E-state index contributed by atoms with van der Waals surface area (Å²) in [6, 6.07) is 6.44. The van der Waals surface area contributed by atoms with Gasteiger partial charge in [0.2, 0.25) is 0 Å². The molecule has 0 aliphatic rings. The fraction of sp³-hybridized carbons (Fsp3) is 0.462. The second kappa shape index (κ2) is 7.00. The highest BCUT2D eigenvalue weighted by Gasteiger charge is 2.02.